The van der Waals surface area contributed by atoms with E-state index >= 15 is 0 Å². The van der Waals surface area contributed by atoms with Gasteiger partial charge in [0, 0.05) is 0 Å². The van der Waals surface area contributed by atoms with Crippen LogP contribution in [-0.2, 0) is 4.74 Å². The Hall–Kier alpha value is -0.0400. The van der Waals surface area contributed by atoms with Gasteiger partial charge in [-0.3, -0.25) is 0 Å². The second-order valence-electron chi connectivity index (χ2n) is 4.17. The topological polar surface area (TPSA) is 12.5 Å². The van der Waals surface area contributed by atoms with Crippen LogP contribution >= 0.6 is 0 Å². The Morgan fingerprint density at radius 3 is 2.36 bits per heavy atom. The fourth-order valence-corrected chi connectivity index (χ4v) is 1.42. The maximum absolute atomic E-state index is 5.23. The Balaban J connectivity index is 1.93. The zero-order valence-electron chi connectivity index (χ0n) is 7.97. The van der Waals surface area contributed by atoms with Crippen molar-refractivity contribution in [2.24, 2.45) is 11.8 Å². The van der Waals surface area contributed by atoms with Gasteiger partial charge in [-0.15, -0.1) is 0 Å². The quantitative estimate of drug-likeness (QED) is 0.558. The van der Waals surface area contributed by atoms with Gasteiger partial charge in [0.15, 0.2) is 0 Å². The van der Waals surface area contributed by atoms with Crippen LogP contribution in [0.4, 0.5) is 0 Å². The normalized spacial score (nSPS) is 25.6. The molecule has 1 rings (SSSR count). The predicted molar refractivity (Wildman–Crippen MR) is 47.6 cm³/mol. The molecule has 1 heterocycles. The van der Waals surface area contributed by atoms with E-state index in [0.29, 0.717) is 6.10 Å². The highest BCUT2D eigenvalue weighted by molar-refractivity contribution is 4.75. The number of hydrogen-bond acceptors (Lipinski definition) is 1. The summed E-state index contributed by atoms with van der Waals surface area (Å²) >= 11 is 0. The largest absolute Gasteiger partial charge is 0.373 e. The van der Waals surface area contributed by atoms with Crippen molar-refractivity contribution < 1.29 is 4.74 Å². The van der Waals surface area contributed by atoms with E-state index in [-0.39, 0.29) is 0 Å². The SMILES string of the molecule is CC(C)CCC[C@H](C)C1CO1. The molecule has 1 saturated heterocycles. The van der Waals surface area contributed by atoms with Crippen molar-refractivity contribution in [2.45, 2.75) is 46.1 Å². The van der Waals surface area contributed by atoms with Crippen LogP contribution in [0.1, 0.15) is 40.0 Å². The van der Waals surface area contributed by atoms with Gasteiger partial charge in [0.25, 0.3) is 0 Å². The summed E-state index contributed by atoms with van der Waals surface area (Å²) in [6, 6.07) is 0. The van der Waals surface area contributed by atoms with Gasteiger partial charge >= 0.3 is 0 Å². The van der Waals surface area contributed by atoms with E-state index in [2.05, 4.69) is 20.8 Å². The van der Waals surface area contributed by atoms with Crippen molar-refractivity contribution in [1.82, 2.24) is 0 Å². The molecular formula is C10H20O. The molecule has 0 amide bonds. The van der Waals surface area contributed by atoms with Crippen LogP contribution in [0.25, 0.3) is 0 Å². The van der Waals surface area contributed by atoms with Crippen molar-refractivity contribution >= 4 is 0 Å². The van der Waals surface area contributed by atoms with E-state index in [1.54, 1.807) is 0 Å². The second kappa shape index (κ2) is 4.10. The summed E-state index contributed by atoms with van der Waals surface area (Å²) in [4.78, 5) is 0. The third-order valence-electron chi connectivity index (χ3n) is 2.43. The van der Waals surface area contributed by atoms with Crippen LogP contribution in [0.2, 0.25) is 0 Å². The summed E-state index contributed by atoms with van der Waals surface area (Å²) in [5.41, 5.74) is 0. The molecule has 0 aliphatic carbocycles. The van der Waals surface area contributed by atoms with Gasteiger partial charge < -0.3 is 4.74 Å². The van der Waals surface area contributed by atoms with Gasteiger partial charge in [-0.05, 0) is 18.3 Å². The molecule has 0 bridgehead atoms. The molecule has 66 valence electrons. The molecule has 2 atom stereocenters. The summed E-state index contributed by atoms with van der Waals surface area (Å²) in [5, 5.41) is 0. The van der Waals surface area contributed by atoms with E-state index in [4.69, 9.17) is 4.74 Å². The van der Waals surface area contributed by atoms with Crippen LogP contribution < -0.4 is 0 Å². The highest BCUT2D eigenvalue weighted by Gasteiger charge is 2.28. The first-order chi connectivity index (χ1) is 5.20. The highest BCUT2D eigenvalue weighted by Crippen LogP contribution is 2.24. The van der Waals surface area contributed by atoms with E-state index < -0.39 is 0 Å². The summed E-state index contributed by atoms with van der Waals surface area (Å²) in [5.74, 6) is 1.66. The lowest BCUT2D eigenvalue weighted by molar-refractivity contribution is 0.321. The highest BCUT2D eigenvalue weighted by atomic mass is 16.6. The monoisotopic (exact) mass is 156 g/mol. The molecule has 11 heavy (non-hydrogen) atoms. The van der Waals surface area contributed by atoms with Crippen LogP contribution in [0, 0.1) is 11.8 Å². The second-order valence-corrected chi connectivity index (χ2v) is 4.17. The molecule has 1 unspecified atom stereocenters. The minimum atomic E-state index is 0.613. The molecule has 0 aromatic rings. The Labute approximate surface area is 70.1 Å². The maximum atomic E-state index is 5.23. The zero-order chi connectivity index (χ0) is 8.27. The fraction of sp³-hybridized carbons (Fsp3) is 1.00. The molecule has 0 saturated carbocycles. The summed E-state index contributed by atoms with van der Waals surface area (Å²) in [6.07, 6.45) is 4.71. The van der Waals surface area contributed by atoms with Crippen molar-refractivity contribution in [3.63, 3.8) is 0 Å². The summed E-state index contributed by atoms with van der Waals surface area (Å²) < 4.78 is 5.23. The molecular weight excluding hydrogens is 136 g/mol. The average molecular weight is 156 g/mol. The number of rotatable bonds is 5. The third kappa shape index (κ3) is 3.76. The first-order valence-corrected chi connectivity index (χ1v) is 4.81. The van der Waals surface area contributed by atoms with Gasteiger partial charge in [0.2, 0.25) is 0 Å². The Morgan fingerprint density at radius 2 is 1.91 bits per heavy atom. The zero-order valence-corrected chi connectivity index (χ0v) is 7.97. The summed E-state index contributed by atoms with van der Waals surface area (Å²) in [6.45, 7) is 7.90. The molecule has 0 N–H and O–H groups in total. The molecule has 0 aromatic carbocycles. The molecule has 1 aliphatic heterocycles. The number of ether oxygens (including phenoxy) is 1. The Kier molecular flexibility index (Phi) is 3.38. The van der Waals surface area contributed by atoms with Crippen molar-refractivity contribution in [3.8, 4) is 0 Å². The van der Waals surface area contributed by atoms with Crippen LogP contribution in [0.5, 0.6) is 0 Å². The van der Waals surface area contributed by atoms with Crippen LogP contribution in [0.15, 0.2) is 0 Å². The maximum Gasteiger partial charge on any atom is 0.0835 e. The third-order valence-corrected chi connectivity index (χ3v) is 2.43. The van der Waals surface area contributed by atoms with Crippen LogP contribution in [-0.4, -0.2) is 12.7 Å². The van der Waals surface area contributed by atoms with E-state index in [1.807, 2.05) is 0 Å². The van der Waals surface area contributed by atoms with E-state index in [9.17, 15) is 0 Å². The van der Waals surface area contributed by atoms with Crippen molar-refractivity contribution in [1.29, 1.82) is 0 Å². The molecule has 1 fully saturated rings. The lowest BCUT2D eigenvalue weighted by Gasteiger charge is -2.08. The van der Waals surface area contributed by atoms with E-state index in [1.165, 1.54) is 19.3 Å². The summed E-state index contributed by atoms with van der Waals surface area (Å²) in [7, 11) is 0. The van der Waals surface area contributed by atoms with Gasteiger partial charge in [-0.1, -0.05) is 33.6 Å². The molecule has 0 radical (unpaired) electrons. The number of hydrogen-bond donors (Lipinski definition) is 0. The van der Waals surface area contributed by atoms with Gasteiger partial charge in [0.1, 0.15) is 0 Å². The fourth-order valence-electron chi connectivity index (χ4n) is 1.42. The lowest BCUT2D eigenvalue weighted by Crippen LogP contribution is -2.03. The average Bonchev–Trinajstić information content (AvgIpc) is 2.66. The van der Waals surface area contributed by atoms with Crippen LogP contribution in [0.3, 0.4) is 0 Å². The van der Waals surface area contributed by atoms with Crippen molar-refractivity contribution in [2.75, 3.05) is 6.61 Å². The smallest absolute Gasteiger partial charge is 0.0835 e. The van der Waals surface area contributed by atoms with Crippen molar-refractivity contribution in [3.05, 3.63) is 0 Å². The molecule has 0 aromatic heterocycles. The Morgan fingerprint density at radius 1 is 1.27 bits per heavy atom. The lowest BCUT2D eigenvalue weighted by atomic mass is 9.98. The van der Waals surface area contributed by atoms with E-state index in [0.717, 1.165) is 18.4 Å². The predicted octanol–water partition coefficient (Wildman–Crippen LogP) is 2.85. The molecule has 0 spiro atoms. The van der Waals surface area contributed by atoms with Gasteiger partial charge in [0.05, 0.1) is 12.7 Å². The first kappa shape index (κ1) is 9.05. The standard InChI is InChI=1S/C10H20O/c1-8(2)5-4-6-9(3)10-7-11-10/h8-10H,4-7H2,1-3H3/t9-,10?/m0/s1. The van der Waals surface area contributed by atoms with Gasteiger partial charge in [-0.2, -0.15) is 0 Å². The molecule has 1 nitrogen and oxygen atoms in total. The first-order valence-electron chi connectivity index (χ1n) is 4.81. The minimum Gasteiger partial charge on any atom is -0.373 e. The van der Waals surface area contributed by atoms with Gasteiger partial charge in [-0.25, -0.2) is 0 Å². The minimum absolute atomic E-state index is 0.613. The molecule has 1 heteroatoms. The Bertz CT molecular complexity index is 105. The number of epoxide rings is 1. The molecule has 1 aliphatic rings.